The summed E-state index contributed by atoms with van der Waals surface area (Å²) in [6.45, 7) is 7.35. The van der Waals surface area contributed by atoms with Crippen LogP contribution >= 0.6 is 0 Å². The van der Waals surface area contributed by atoms with Crippen molar-refractivity contribution in [2.45, 2.75) is 32.6 Å². The minimum absolute atomic E-state index is 0.663. The van der Waals surface area contributed by atoms with Gasteiger partial charge in [-0.3, -0.25) is 0 Å². The minimum Gasteiger partial charge on any atom is -0.381 e. The topological polar surface area (TPSA) is 53.7 Å². The van der Waals surface area contributed by atoms with Gasteiger partial charge in [-0.25, -0.2) is 0 Å². The molecule has 2 N–H and O–H groups in total. The van der Waals surface area contributed by atoms with Gasteiger partial charge in [0, 0.05) is 26.4 Å². The van der Waals surface area contributed by atoms with Crippen LogP contribution < -0.4 is 5.73 Å². The SMILES string of the molecule is CCCCOCCCOCCOCCCN. The van der Waals surface area contributed by atoms with Crippen LogP contribution in [0.25, 0.3) is 0 Å². The van der Waals surface area contributed by atoms with E-state index in [9.17, 15) is 0 Å². The average molecular weight is 233 g/mol. The predicted octanol–water partition coefficient (Wildman–Crippen LogP) is 1.58. The van der Waals surface area contributed by atoms with E-state index in [4.69, 9.17) is 19.9 Å². The summed E-state index contributed by atoms with van der Waals surface area (Å²) in [5, 5.41) is 0. The van der Waals surface area contributed by atoms with Crippen LogP contribution in [0.3, 0.4) is 0 Å². The molecule has 0 spiro atoms. The van der Waals surface area contributed by atoms with E-state index in [-0.39, 0.29) is 0 Å². The van der Waals surface area contributed by atoms with Crippen molar-refractivity contribution in [3.8, 4) is 0 Å². The van der Waals surface area contributed by atoms with Gasteiger partial charge < -0.3 is 19.9 Å². The molecule has 0 bridgehead atoms. The van der Waals surface area contributed by atoms with Crippen molar-refractivity contribution < 1.29 is 14.2 Å². The Bertz CT molecular complexity index is 109. The number of unbranched alkanes of at least 4 members (excludes halogenated alkanes) is 1. The van der Waals surface area contributed by atoms with Crippen molar-refractivity contribution in [2.75, 3.05) is 46.2 Å². The van der Waals surface area contributed by atoms with Crippen LogP contribution in [0.15, 0.2) is 0 Å². The zero-order valence-electron chi connectivity index (χ0n) is 10.6. The van der Waals surface area contributed by atoms with E-state index in [1.807, 2.05) is 0 Å². The Kier molecular flexibility index (Phi) is 14.7. The monoisotopic (exact) mass is 233 g/mol. The number of nitrogens with two attached hydrogens (primary N) is 1. The number of ether oxygens (including phenoxy) is 3. The van der Waals surface area contributed by atoms with E-state index in [1.54, 1.807) is 0 Å². The second-order valence-electron chi connectivity index (χ2n) is 3.69. The second-order valence-corrected chi connectivity index (χ2v) is 3.69. The van der Waals surface area contributed by atoms with E-state index in [0.717, 1.165) is 45.7 Å². The maximum absolute atomic E-state index is 5.41. The summed E-state index contributed by atoms with van der Waals surface area (Å²) in [7, 11) is 0. The molecule has 16 heavy (non-hydrogen) atoms. The van der Waals surface area contributed by atoms with Gasteiger partial charge in [0.05, 0.1) is 13.2 Å². The largest absolute Gasteiger partial charge is 0.381 e. The standard InChI is InChI=1S/C12H27NO3/c1-2-3-7-14-9-5-10-16-12-11-15-8-4-6-13/h2-13H2,1H3. The first-order chi connectivity index (χ1) is 7.91. The molecule has 0 aromatic rings. The number of rotatable bonds is 13. The lowest BCUT2D eigenvalue weighted by Gasteiger charge is -2.06. The first-order valence-electron chi connectivity index (χ1n) is 6.35. The summed E-state index contributed by atoms with van der Waals surface area (Å²) in [6.07, 6.45) is 4.23. The molecule has 0 aliphatic carbocycles. The van der Waals surface area contributed by atoms with Gasteiger partial charge in [-0.15, -0.1) is 0 Å². The highest BCUT2D eigenvalue weighted by Crippen LogP contribution is 1.90. The maximum Gasteiger partial charge on any atom is 0.0700 e. The van der Waals surface area contributed by atoms with Gasteiger partial charge in [-0.05, 0) is 25.8 Å². The molecule has 0 aromatic carbocycles. The normalized spacial score (nSPS) is 10.9. The van der Waals surface area contributed by atoms with Crippen molar-refractivity contribution in [3.63, 3.8) is 0 Å². The van der Waals surface area contributed by atoms with Gasteiger partial charge in [-0.1, -0.05) is 13.3 Å². The summed E-state index contributed by atoms with van der Waals surface area (Å²) < 4.78 is 16.1. The van der Waals surface area contributed by atoms with Crippen LogP contribution in [-0.4, -0.2) is 46.2 Å². The molecule has 0 aliphatic rings. The molecule has 0 atom stereocenters. The Morgan fingerprint density at radius 3 is 1.75 bits per heavy atom. The highest BCUT2D eigenvalue weighted by atomic mass is 16.5. The van der Waals surface area contributed by atoms with Crippen LogP contribution in [0.1, 0.15) is 32.6 Å². The summed E-state index contributed by atoms with van der Waals surface area (Å²) in [5.41, 5.74) is 5.33. The molecule has 0 heterocycles. The molecule has 0 saturated heterocycles. The summed E-state index contributed by atoms with van der Waals surface area (Å²) in [6, 6.07) is 0. The molecule has 0 radical (unpaired) electrons. The quantitative estimate of drug-likeness (QED) is 0.491. The maximum atomic E-state index is 5.41. The van der Waals surface area contributed by atoms with E-state index in [1.165, 1.54) is 6.42 Å². The minimum atomic E-state index is 0.663. The third kappa shape index (κ3) is 13.8. The highest BCUT2D eigenvalue weighted by molar-refractivity contribution is 4.38. The van der Waals surface area contributed by atoms with Gasteiger partial charge in [-0.2, -0.15) is 0 Å². The zero-order chi connectivity index (χ0) is 11.9. The Balaban J connectivity index is 2.83. The lowest BCUT2D eigenvalue weighted by atomic mass is 10.4. The Labute approximate surface area is 99.4 Å². The second kappa shape index (κ2) is 14.8. The van der Waals surface area contributed by atoms with Gasteiger partial charge in [0.2, 0.25) is 0 Å². The molecular weight excluding hydrogens is 206 g/mol. The number of hydrogen-bond acceptors (Lipinski definition) is 4. The van der Waals surface area contributed by atoms with Crippen molar-refractivity contribution in [1.82, 2.24) is 0 Å². The van der Waals surface area contributed by atoms with Gasteiger partial charge in [0.15, 0.2) is 0 Å². The Hall–Kier alpha value is -0.160. The van der Waals surface area contributed by atoms with E-state index in [0.29, 0.717) is 19.8 Å². The fourth-order valence-corrected chi connectivity index (χ4v) is 1.12. The Morgan fingerprint density at radius 1 is 0.688 bits per heavy atom. The molecule has 4 nitrogen and oxygen atoms in total. The van der Waals surface area contributed by atoms with Crippen LogP contribution in [0.2, 0.25) is 0 Å². The predicted molar refractivity (Wildman–Crippen MR) is 65.7 cm³/mol. The summed E-state index contributed by atoms with van der Waals surface area (Å²) >= 11 is 0. The fraction of sp³-hybridized carbons (Fsp3) is 1.00. The van der Waals surface area contributed by atoms with Crippen LogP contribution in [0.5, 0.6) is 0 Å². The van der Waals surface area contributed by atoms with E-state index >= 15 is 0 Å². The first kappa shape index (κ1) is 15.8. The molecular formula is C12H27NO3. The molecule has 98 valence electrons. The lowest BCUT2D eigenvalue weighted by Crippen LogP contribution is -2.10. The highest BCUT2D eigenvalue weighted by Gasteiger charge is 1.91. The Morgan fingerprint density at radius 2 is 1.19 bits per heavy atom. The molecule has 0 fully saturated rings. The third-order valence-electron chi connectivity index (χ3n) is 2.08. The molecule has 0 unspecified atom stereocenters. The summed E-state index contributed by atoms with van der Waals surface area (Å²) in [4.78, 5) is 0. The molecule has 0 amide bonds. The van der Waals surface area contributed by atoms with Gasteiger partial charge in [0.25, 0.3) is 0 Å². The molecule has 0 aromatic heterocycles. The molecule has 4 heteroatoms. The van der Waals surface area contributed by atoms with Crippen LogP contribution in [0.4, 0.5) is 0 Å². The lowest BCUT2D eigenvalue weighted by molar-refractivity contribution is 0.0352. The van der Waals surface area contributed by atoms with Crippen molar-refractivity contribution in [1.29, 1.82) is 0 Å². The zero-order valence-corrected chi connectivity index (χ0v) is 10.6. The summed E-state index contributed by atoms with van der Waals surface area (Å²) in [5.74, 6) is 0. The van der Waals surface area contributed by atoms with Crippen LogP contribution in [0, 0.1) is 0 Å². The molecule has 0 rings (SSSR count). The van der Waals surface area contributed by atoms with Gasteiger partial charge in [0.1, 0.15) is 0 Å². The fourth-order valence-electron chi connectivity index (χ4n) is 1.12. The van der Waals surface area contributed by atoms with E-state index in [2.05, 4.69) is 6.92 Å². The first-order valence-corrected chi connectivity index (χ1v) is 6.35. The van der Waals surface area contributed by atoms with E-state index < -0.39 is 0 Å². The average Bonchev–Trinajstić information content (AvgIpc) is 2.31. The number of hydrogen-bond donors (Lipinski definition) is 1. The molecule has 0 aliphatic heterocycles. The van der Waals surface area contributed by atoms with Gasteiger partial charge >= 0.3 is 0 Å². The van der Waals surface area contributed by atoms with Crippen molar-refractivity contribution >= 4 is 0 Å². The molecule has 0 saturated carbocycles. The van der Waals surface area contributed by atoms with Crippen molar-refractivity contribution in [3.05, 3.63) is 0 Å². The third-order valence-corrected chi connectivity index (χ3v) is 2.08. The smallest absolute Gasteiger partial charge is 0.0700 e. The van der Waals surface area contributed by atoms with Crippen LogP contribution in [-0.2, 0) is 14.2 Å². The van der Waals surface area contributed by atoms with Crippen molar-refractivity contribution in [2.24, 2.45) is 5.73 Å².